The van der Waals surface area contributed by atoms with Crippen LogP contribution in [0, 0.1) is 17.2 Å². The summed E-state index contributed by atoms with van der Waals surface area (Å²) in [4.78, 5) is 0. The summed E-state index contributed by atoms with van der Waals surface area (Å²) < 4.78 is 0. The van der Waals surface area contributed by atoms with Crippen LogP contribution in [0.3, 0.4) is 0 Å². The van der Waals surface area contributed by atoms with E-state index in [4.69, 9.17) is 17.9 Å². The molecule has 0 aromatic rings. The van der Waals surface area contributed by atoms with Crippen molar-refractivity contribution >= 4 is 12.6 Å². The molecule has 0 aliphatic heterocycles. The van der Waals surface area contributed by atoms with Crippen LogP contribution in [0.2, 0.25) is 0 Å². The first-order valence-corrected chi connectivity index (χ1v) is 3.90. The van der Waals surface area contributed by atoms with Gasteiger partial charge in [0.2, 0.25) is 0 Å². The second kappa shape index (κ2) is 5.97. The van der Waals surface area contributed by atoms with Gasteiger partial charge in [0, 0.05) is 5.75 Å². The van der Waals surface area contributed by atoms with Crippen LogP contribution in [0.4, 0.5) is 0 Å². The topological polar surface area (TPSA) is 23.8 Å². The number of nitrogens with zero attached hydrogens (tertiary/aromatic N) is 1. The summed E-state index contributed by atoms with van der Waals surface area (Å²) in [6, 6.07) is 2.18. The molecule has 0 aliphatic rings. The van der Waals surface area contributed by atoms with E-state index in [1.54, 1.807) is 0 Å². The molecule has 1 radical (unpaired) electrons. The van der Waals surface area contributed by atoms with Crippen molar-refractivity contribution < 1.29 is 0 Å². The van der Waals surface area contributed by atoms with Crippen LogP contribution in [-0.2, 0) is 0 Å². The lowest BCUT2D eigenvalue weighted by atomic mass is 10.1. The lowest BCUT2D eigenvalue weighted by Crippen LogP contribution is -1.97. The number of hydrogen-bond donors (Lipinski definition) is 0. The van der Waals surface area contributed by atoms with Crippen LogP contribution in [-0.4, -0.2) is 5.75 Å². The van der Waals surface area contributed by atoms with Crippen LogP contribution in [0.25, 0.3) is 0 Å². The fourth-order valence-corrected chi connectivity index (χ4v) is 0.877. The van der Waals surface area contributed by atoms with E-state index >= 15 is 0 Å². The van der Waals surface area contributed by atoms with Crippen molar-refractivity contribution in [1.82, 2.24) is 0 Å². The Morgan fingerprint density at radius 3 is 2.67 bits per heavy atom. The number of rotatable bonds is 4. The molecule has 1 nitrogen and oxygen atoms in total. The van der Waals surface area contributed by atoms with Gasteiger partial charge in [-0.05, 0) is 6.42 Å². The largest absolute Gasteiger partial charge is 0.198 e. The van der Waals surface area contributed by atoms with Crippen molar-refractivity contribution in [3.05, 3.63) is 0 Å². The molecule has 0 aromatic carbocycles. The highest BCUT2D eigenvalue weighted by molar-refractivity contribution is 7.80. The number of hydrogen-bond acceptors (Lipinski definition) is 1. The predicted molar refractivity (Wildman–Crippen MR) is 41.1 cm³/mol. The van der Waals surface area contributed by atoms with Crippen LogP contribution < -0.4 is 0 Å². The quantitative estimate of drug-likeness (QED) is 0.591. The molecule has 9 heavy (non-hydrogen) atoms. The Kier molecular flexibility index (Phi) is 5.86. The second-order valence-corrected chi connectivity index (χ2v) is 2.47. The molecule has 51 valence electrons. The molecule has 2 heteroatoms. The molecule has 0 bridgehead atoms. The summed E-state index contributed by atoms with van der Waals surface area (Å²) in [7, 11) is 0. The Balaban J connectivity index is 3.23. The summed E-state index contributed by atoms with van der Waals surface area (Å²) in [5.41, 5.74) is 0. The molecular formula is C7H12NS. The van der Waals surface area contributed by atoms with Crippen molar-refractivity contribution in [2.45, 2.75) is 26.2 Å². The van der Waals surface area contributed by atoms with Crippen LogP contribution in [0.5, 0.6) is 0 Å². The highest BCUT2D eigenvalue weighted by Crippen LogP contribution is 2.07. The van der Waals surface area contributed by atoms with E-state index in [-0.39, 0.29) is 5.92 Å². The van der Waals surface area contributed by atoms with Crippen molar-refractivity contribution in [2.24, 2.45) is 5.92 Å². The third-order valence-electron chi connectivity index (χ3n) is 1.29. The third-order valence-corrected chi connectivity index (χ3v) is 1.69. The zero-order valence-corrected chi connectivity index (χ0v) is 6.58. The molecule has 0 aliphatic carbocycles. The average molecular weight is 142 g/mol. The van der Waals surface area contributed by atoms with Gasteiger partial charge in [0.05, 0.1) is 12.0 Å². The first-order chi connectivity index (χ1) is 4.35. The summed E-state index contributed by atoms with van der Waals surface area (Å²) >= 11 is 4.76. The summed E-state index contributed by atoms with van der Waals surface area (Å²) in [6.45, 7) is 2.12. The number of unbranched alkanes of at least 4 members (excludes halogenated alkanes) is 1. The maximum absolute atomic E-state index is 8.44. The van der Waals surface area contributed by atoms with E-state index in [1.165, 1.54) is 0 Å². The molecule has 0 spiro atoms. The van der Waals surface area contributed by atoms with Gasteiger partial charge in [-0.2, -0.15) is 5.26 Å². The average Bonchev–Trinajstić information content (AvgIpc) is 1.91. The molecular weight excluding hydrogens is 130 g/mol. The van der Waals surface area contributed by atoms with E-state index in [0.29, 0.717) is 5.75 Å². The van der Waals surface area contributed by atoms with Gasteiger partial charge in [-0.3, -0.25) is 0 Å². The monoisotopic (exact) mass is 142 g/mol. The smallest absolute Gasteiger partial charge is 0.0664 e. The third kappa shape index (κ3) is 4.35. The molecule has 0 N–H and O–H groups in total. The molecule has 1 atom stereocenters. The Bertz CT molecular complexity index is 95.6. The maximum Gasteiger partial charge on any atom is 0.0664 e. The Morgan fingerprint density at radius 1 is 1.67 bits per heavy atom. The lowest BCUT2D eigenvalue weighted by molar-refractivity contribution is 0.616. The minimum atomic E-state index is 0.125. The van der Waals surface area contributed by atoms with Gasteiger partial charge in [0.25, 0.3) is 0 Å². The Hall–Kier alpha value is -0.160. The molecule has 1 unspecified atom stereocenters. The van der Waals surface area contributed by atoms with E-state index in [0.717, 1.165) is 19.3 Å². The summed E-state index contributed by atoms with van der Waals surface area (Å²) in [6.07, 6.45) is 3.28. The Labute approximate surface area is 62.5 Å². The minimum absolute atomic E-state index is 0.125. The molecule has 0 saturated heterocycles. The van der Waals surface area contributed by atoms with E-state index in [2.05, 4.69) is 13.0 Å². The molecule has 0 saturated carbocycles. The molecule has 0 rings (SSSR count). The van der Waals surface area contributed by atoms with Gasteiger partial charge in [-0.25, -0.2) is 0 Å². The van der Waals surface area contributed by atoms with Gasteiger partial charge >= 0.3 is 0 Å². The standard InChI is InChI=1S/C7H12NS/c1-2-3-4-7(5-8)6-9/h7H,2-4,6H2,1H3. The van der Waals surface area contributed by atoms with Gasteiger partial charge in [-0.1, -0.05) is 32.4 Å². The van der Waals surface area contributed by atoms with Gasteiger partial charge in [0.1, 0.15) is 0 Å². The van der Waals surface area contributed by atoms with Crippen LogP contribution >= 0.6 is 12.6 Å². The van der Waals surface area contributed by atoms with Crippen molar-refractivity contribution in [1.29, 1.82) is 5.26 Å². The molecule has 0 fully saturated rings. The molecule has 0 aromatic heterocycles. The highest BCUT2D eigenvalue weighted by Gasteiger charge is 2.02. The number of nitriles is 1. The zero-order valence-electron chi connectivity index (χ0n) is 5.76. The highest BCUT2D eigenvalue weighted by atomic mass is 32.1. The second-order valence-electron chi connectivity index (χ2n) is 2.13. The normalized spacial score (nSPS) is 12.6. The van der Waals surface area contributed by atoms with Gasteiger partial charge in [0.15, 0.2) is 0 Å². The van der Waals surface area contributed by atoms with E-state index in [9.17, 15) is 0 Å². The van der Waals surface area contributed by atoms with Crippen LogP contribution in [0.15, 0.2) is 0 Å². The molecule has 0 heterocycles. The van der Waals surface area contributed by atoms with Crippen LogP contribution in [0.1, 0.15) is 26.2 Å². The fraction of sp³-hybridized carbons (Fsp3) is 0.857. The first kappa shape index (κ1) is 8.84. The van der Waals surface area contributed by atoms with E-state index < -0.39 is 0 Å². The van der Waals surface area contributed by atoms with Crippen molar-refractivity contribution in [3.8, 4) is 6.07 Å². The summed E-state index contributed by atoms with van der Waals surface area (Å²) in [5, 5.41) is 8.44. The minimum Gasteiger partial charge on any atom is -0.198 e. The molecule has 0 amide bonds. The Morgan fingerprint density at radius 2 is 2.33 bits per heavy atom. The predicted octanol–water partition coefficient (Wildman–Crippen LogP) is 2.51. The van der Waals surface area contributed by atoms with Gasteiger partial charge < -0.3 is 0 Å². The lowest BCUT2D eigenvalue weighted by Gasteiger charge is -2.00. The van der Waals surface area contributed by atoms with Crippen molar-refractivity contribution in [3.63, 3.8) is 0 Å². The first-order valence-electron chi connectivity index (χ1n) is 3.32. The zero-order chi connectivity index (χ0) is 7.11. The summed E-state index contributed by atoms with van der Waals surface area (Å²) in [5.74, 6) is 0.719. The maximum atomic E-state index is 8.44. The van der Waals surface area contributed by atoms with E-state index in [1.807, 2.05) is 0 Å². The van der Waals surface area contributed by atoms with Crippen molar-refractivity contribution in [2.75, 3.05) is 5.75 Å². The fourth-order valence-electron chi connectivity index (χ4n) is 0.636. The van der Waals surface area contributed by atoms with Gasteiger partial charge in [-0.15, -0.1) is 0 Å². The SMILES string of the molecule is CCCCC(C#N)C[S].